The average Bonchev–Trinajstić information content (AvgIpc) is 2.98. The highest BCUT2D eigenvalue weighted by molar-refractivity contribution is 6.03. The van der Waals surface area contributed by atoms with Crippen molar-refractivity contribution in [3.05, 3.63) is 36.7 Å². The van der Waals surface area contributed by atoms with Crippen LogP contribution in [0, 0.1) is 11.3 Å². The Hall–Kier alpha value is -3.55. The van der Waals surface area contributed by atoms with Gasteiger partial charge in [-0.25, -0.2) is 9.97 Å². The number of carbonyl (C=O) groups is 2. The summed E-state index contributed by atoms with van der Waals surface area (Å²) in [5, 5.41) is 33.2. The number of nitrogens with zero attached hydrogens (tertiary/aromatic N) is 4. The number of amides is 2. The molecule has 10 nitrogen and oxygen atoms in total. The predicted octanol–water partition coefficient (Wildman–Crippen LogP) is 0.142. The van der Waals surface area contributed by atoms with Crippen molar-refractivity contribution in [1.82, 2.24) is 9.97 Å². The minimum absolute atomic E-state index is 0.0293. The fraction of sp³-hybridized carbons (Fsp3) is 0.235. The van der Waals surface area contributed by atoms with Crippen molar-refractivity contribution in [3.8, 4) is 6.07 Å². The van der Waals surface area contributed by atoms with Crippen LogP contribution in [-0.4, -0.2) is 50.7 Å². The summed E-state index contributed by atoms with van der Waals surface area (Å²) in [6.07, 6.45) is 2.98. The molecule has 1 atom stereocenters. The number of nitriles is 1. The summed E-state index contributed by atoms with van der Waals surface area (Å²) in [6, 6.07) is 7.94. The molecule has 3 rings (SSSR count). The SMILES string of the molecule is N#C[C@@]1(O)CCN(c2ccnc(Nc3cc(NC(=O)CO)ccn3)c2)C1=O. The second kappa shape index (κ2) is 7.36. The van der Waals surface area contributed by atoms with Crippen molar-refractivity contribution in [2.45, 2.75) is 12.0 Å². The van der Waals surface area contributed by atoms with Crippen LogP contribution in [0.25, 0.3) is 0 Å². The maximum Gasteiger partial charge on any atom is 0.273 e. The molecule has 2 amide bonds. The molecule has 0 radical (unpaired) electrons. The molecule has 2 aromatic heterocycles. The van der Waals surface area contributed by atoms with E-state index in [1.54, 1.807) is 30.3 Å². The van der Waals surface area contributed by atoms with Crippen molar-refractivity contribution < 1.29 is 19.8 Å². The summed E-state index contributed by atoms with van der Waals surface area (Å²) in [6.45, 7) is -0.416. The lowest BCUT2D eigenvalue weighted by Gasteiger charge is -2.18. The van der Waals surface area contributed by atoms with E-state index in [2.05, 4.69) is 20.6 Å². The lowest BCUT2D eigenvalue weighted by molar-refractivity contribution is -0.128. The molecule has 138 valence electrons. The number of anilines is 4. The lowest BCUT2D eigenvalue weighted by Crippen LogP contribution is -2.38. The highest BCUT2D eigenvalue weighted by atomic mass is 16.3. The Bertz CT molecular complexity index is 928. The zero-order chi connectivity index (χ0) is 19.4. The topological polar surface area (TPSA) is 151 Å². The van der Waals surface area contributed by atoms with Gasteiger partial charge >= 0.3 is 0 Å². The van der Waals surface area contributed by atoms with Crippen LogP contribution in [-0.2, 0) is 9.59 Å². The van der Waals surface area contributed by atoms with Crippen LogP contribution in [0.4, 0.5) is 23.0 Å². The first-order valence-corrected chi connectivity index (χ1v) is 8.00. The molecule has 4 N–H and O–H groups in total. The number of aliphatic hydroxyl groups excluding tert-OH is 1. The summed E-state index contributed by atoms with van der Waals surface area (Å²) in [4.78, 5) is 33.1. The predicted molar refractivity (Wildman–Crippen MR) is 95.0 cm³/mol. The fourth-order valence-electron chi connectivity index (χ4n) is 2.62. The van der Waals surface area contributed by atoms with Crippen LogP contribution in [0.5, 0.6) is 0 Å². The molecule has 0 aliphatic carbocycles. The summed E-state index contributed by atoms with van der Waals surface area (Å²) in [5.41, 5.74) is -1.08. The summed E-state index contributed by atoms with van der Waals surface area (Å²) in [7, 11) is 0. The van der Waals surface area contributed by atoms with Crippen LogP contribution < -0.4 is 15.5 Å². The molecule has 1 fully saturated rings. The second-order valence-electron chi connectivity index (χ2n) is 5.84. The van der Waals surface area contributed by atoms with Crippen molar-refractivity contribution in [3.63, 3.8) is 0 Å². The molecule has 0 saturated carbocycles. The van der Waals surface area contributed by atoms with Gasteiger partial charge in [0.25, 0.3) is 5.91 Å². The third-order valence-electron chi connectivity index (χ3n) is 3.98. The van der Waals surface area contributed by atoms with Crippen molar-refractivity contribution >= 4 is 34.8 Å². The van der Waals surface area contributed by atoms with Crippen molar-refractivity contribution in [2.75, 3.05) is 28.7 Å². The molecule has 1 aliphatic heterocycles. The molecular formula is C17H16N6O4. The highest BCUT2D eigenvalue weighted by Crippen LogP contribution is 2.29. The van der Waals surface area contributed by atoms with Gasteiger partial charge in [-0.05, 0) is 12.1 Å². The van der Waals surface area contributed by atoms with Gasteiger partial charge in [-0.3, -0.25) is 9.59 Å². The highest BCUT2D eigenvalue weighted by Gasteiger charge is 2.46. The Labute approximate surface area is 154 Å². The minimum atomic E-state index is -2.00. The van der Waals surface area contributed by atoms with Crippen molar-refractivity contribution in [1.29, 1.82) is 5.26 Å². The largest absolute Gasteiger partial charge is 0.387 e. The molecule has 27 heavy (non-hydrogen) atoms. The number of hydrogen-bond donors (Lipinski definition) is 4. The summed E-state index contributed by atoms with van der Waals surface area (Å²) >= 11 is 0. The van der Waals surface area contributed by atoms with Gasteiger partial charge in [0.15, 0.2) is 0 Å². The molecular weight excluding hydrogens is 352 g/mol. The van der Waals surface area contributed by atoms with E-state index in [0.29, 0.717) is 23.0 Å². The minimum Gasteiger partial charge on any atom is -0.387 e. The summed E-state index contributed by atoms with van der Waals surface area (Å²) in [5.74, 6) is -0.457. The van der Waals surface area contributed by atoms with Gasteiger partial charge in [0, 0.05) is 48.9 Å². The molecule has 0 aromatic carbocycles. The third-order valence-corrected chi connectivity index (χ3v) is 3.98. The van der Waals surface area contributed by atoms with E-state index in [1.807, 2.05) is 0 Å². The standard InChI is InChI=1S/C17H16N6O4/c18-10-17(27)3-6-23(16(17)26)12-2-5-20-14(8-12)22-13-7-11(1-4-19-13)21-15(25)9-24/h1-2,4-5,7-8,24,27H,3,6,9H2,(H2,19,20,21,22,25)/t17-/m0/s1. The number of carbonyl (C=O) groups excluding carboxylic acids is 2. The van der Waals surface area contributed by atoms with E-state index in [9.17, 15) is 14.7 Å². The molecule has 0 bridgehead atoms. The van der Waals surface area contributed by atoms with Crippen LogP contribution in [0.1, 0.15) is 6.42 Å². The molecule has 3 heterocycles. The molecule has 2 aromatic rings. The molecule has 0 spiro atoms. The van der Waals surface area contributed by atoms with Gasteiger partial charge in [0.05, 0.1) is 0 Å². The molecule has 1 saturated heterocycles. The molecule has 10 heteroatoms. The number of rotatable bonds is 5. The Morgan fingerprint density at radius 3 is 2.67 bits per heavy atom. The van der Waals surface area contributed by atoms with E-state index in [1.165, 1.54) is 17.3 Å². The van der Waals surface area contributed by atoms with Crippen LogP contribution >= 0.6 is 0 Å². The monoisotopic (exact) mass is 368 g/mol. The van der Waals surface area contributed by atoms with Crippen LogP contribution in [0.3, 0.4) is 0 Å². The zero-order valence-corrected chi connectivity index (χ0v) is 14.1. The zero-order valence-electron chi connectivity index (χ0n) is 14.1. The van der Waals surface area contributed by atoms with Gasteiger partial charge in [-0.15, -0.1) is 0 Å². The maximum atomic E-state index is 12.2. The summed E-state index contributed by atoms with van der Waals surface area (Å²) < 4.78 is 0. The van der Waals surface area contributed by atoms with Gasteiger partial charge in [-0.2, -0.15) is 5.26 Å². The van der Waals surface area contributed by atoms with Gasteiger partial charge in [0.1, 0.15) is 24.3 Å². The first-order valence-electron chi connectivity index (χ1n) is 8.00. The van der Waals surface area contributed by atoms with E-state index < -0.39 is 24.0 Å². The van der Waals surface area contributed by atoms with E-state index in [4.69, 9.17) is 10.4 Å². The number of aromatic nitrogens is 2. The molecule has 0 unspecified atom stereocenters. The van der Waals surface area contributed by atoms with Crippen molar-refractivity contribution in [2.24, 2.45) is 0 Å². The van der Waals surface area contributed by atoms with Crippen LogP contribution in [0.15, 0.2) is 36.7 Å². The normalized spacial score (nSPS) is 18.9. The first kappa shape index (κ1) is 18.2. The van der Waals surface area contributed by atoms with Crippen LogP contribution in [0.2, 0.25) is 0 Å². The Morgan fingerprint density at radius 2 is 2.00 bits per heavy atom. The fourth-order valence-corrected chi connectivity index (χ4v) is 2.62. The van der Waals surface area contributed by atoms with E-state index in [0.717, 1.165) is 0 Å². The number of hydrogen-bond acceptors (Lipinski definition) is 8. The first-order chi connectivity index (χ1) is 12.9. The maximum absolute atomic E-state index is 12.2. The average molecular weight is 368 g/mol. The quantitative estimate of drug-likeness (QED) is 0.544. The second-order valence-corrected chi connectivity index (χ2v) is 5.84. The Morgan fingerprint density at radius 1 is 1.30 bits per heavy atom. The third kappa shape index (κ3) is 3.84. The smallest absolute Gasteiger partial charge is 0.273 e. The van der Waals surface area contributed by atoms with E-state index >= 15 is 0 Å². The van der Waals surface area contributed by atoms with Gasteiger partial charge < -0.3 is 25.7 Å². The van der Waals surface area contributed by atoms with Gasteiger partial charge in [0.2, 0.25) is 11.5 Å². The van der Waals surface area contributed by atoms with E-state index in [-0.39, 0.29) is 13.0 Å². The van der Waals surface area contributed by atoms with Gasteiger partial charge in [-0.1, -0.05) is 0 Å². The number of nitrogens with one attached hydrogen (secondary N) is 2. The Balaban J connectivity index is 1.78. The number of aliphatic hydroxyl groups is 2. The number of pyridine rings is 2. The lowest BCUT2D eigenvalue weighted by atomic mass is 10.1. The molecule has 1 aliphatic rings. The Kier molecular flexibility index (Phi) is 4.98.